The molecule has 1 fully saturated rings. The van der Waals surface area contributed by atoms with Crippen LogP contribution in [0.5, 0.6) is 0 Å². The minimum atomic E-state index is -0.452. The molecule has 1 heterocycles. The number of rotatable bonds is 4. The van der Waals surface area contributed by atoms with E-state index in [0.717, 1.165) is 31.7 Å². The lowest BCUT2D eigenvalue weighted by Crippen LogP contribution is -2.33. The van der Waals surface area contributed by atoms with Crippen LogP contribution in [0.1, 0.15) is 25.0 Å². The molecule has 1 unspecified atom stereocenters. The van der Waals surface area contributed by atoms with Crippen LogP contribution in [-0.4, -0.2) is 54.2 Å². The van der Waals surface area contributed by atoms with Gasteiger partial charge in [-0.2, -0.15) is 0 Å². The van der Waals surface area contributed by atoms with E-state index in [1.54, 1.807) is 0 Å². The molecule has 1 aromatic rings. The highest BCUT2D eigenvalue weighted by molar-refractivity contribution is 6.30. The number of halogens is 1. The smallest absolute Gasteiger partial charge is 0.0917 e. The Morgan fingerprint density at radius 3 is 2.68 bits per heavy atom. The van der Waals surface area contributed by atoms with Crippen LogP contribution in [-0.2, 0) is 0 Å². The molecule has 2 rings (SSSR count). The molecule has 1 aliphatic rings. The molecule has 4 heteroatoms. The Labute approximate surface area is 120 Å². The largest absolute Gasteiger partial charge is 0.387 e. The summed E-state index contributed by atoms with van der Waals surface area (Å²) < 4.78 is 0. The molecule has 1 aliphatic heterocycles. The fourth-order valence-corrected chi connectivity index (χ4v) is 2.79. The lowest BCUT2D eigenvalue weighted by atomic mass is 10.1. The summed E-state index contributed by atoms with van der Waals surface area (Å²) in [6, 6.07) is 7.51. The molecule has 1 saturated heterocycles. The van der Waals surface area contributed by atoms with Crippen molar-refractivity contribution in [2.45, 2.75) is 19.4 Å². The van der Waals surface area contributed by atoms with E-state index in [-0.39, 0.29) is 0 Å². The molecular weight excluding hydrogens is 260 g/mol. The van der Waals surface area contributed by atoms with Crippen molar-refractivity contribution < 1.29 is 5.11 Å². The topological polar surface area (TPSA) is 26.7 Å². The molecule has 0 spiro atoms. The predicted molar refractivity (Wildman–Crippen MR) is 79.6 cm³/mol. The molecule has 0 aromatic heterocycles. The highest BCUT2D eigenvalue weighted by atomic mass is 35.5. The van der Waals surface area contributed by atoms with E-state index in [0.29, 0.717) is 11.6 Å². The first-order valence-corrected chi connectivity index (χ1v) is 7.45. The number of β-amino-alcohol motifs (C(OH)–C–C–N with tert-alkyl or cyclic N) is 1. The Bertz CT molecular complexity index is 399. The molecule has 0 amide bonds. The SMILES string of the molecule is CCN1CCCN(CC(O)c2cccc(Cl)c2)CC1. The molecule has 0 aliphatic carbocycles. The molecule has 0 radical (unpaired) electrons. The maximum atomic E-state index is 10.3. The second-order valence-electron chi connectivity index (χ2n) is 5.16. The Morgan fingerprint density at radius 1 is 1.21 bits per heavy atom. The maximum Gasteiger partial charge on any atom is 0.0917 e. The standard InChI is InChI=1S/C15H23ClN2O/c1-2-17-7-4-8-18(10-9-17)12-15(19)13-5-3-6-14(16)11-13/h3,5-6,11,15,19H,2,4,7-10,12H2,1H3. The maximum absolute atomic E-state index is 10.3. The van der Waals surface area contributed by atoms with Crippen molar-refractivity contribution in [2.75, 3.05) is 39.3 Å². The molecule has 1 atom stereocenters. The van der Waals surface area contributed by atoms with Crippen molar-refractivity contribution >= 4 is 11.6 Å². The second kappa shape index (κ2) is 7.25. The quantitative estimate of drug-likeness (QED) is 0.919. The van der Waals surface area contributed by atoms with Gasteiger partial charge in [0.1, 0.15) is 0 Å². The van der Waals surface area contributed by atoms with Gasteiger partial charge >= 0.3 is 0 Å². The summed E-state index contributed by atoms with van der Waals surface area (Å²) in [5.41, 5.74) is 0.907. The van der Waals surface area contributed by atoms with Crippen LogP contribution in [0.15, 0.2) is 24.3 Å². The zero-order valence-corrected chi connectivity index (χ0v) is 12.3. The minimum Gasteiger partial charge on any atom is -0.387 e. The van der Waals surface area contributed by atoms with E-state index >= 15 is 0 Å². The summed E-state index contributed by atoms with van der Waals surface area (Å²) in [6.45, 7) is 8.37. The summed E-state index contributed by atoms with van der Waals surface area (Å²) >= 11 is 5.96. The van der Waals surface area contributed by atoms with Gasteiger partial charge < -0.3 is 10.0 Å². The lowest BCUT2D eigenvalue weighted by Gasteiger charge is -2.24. The average Bonchev–Trinajstić information content (AvgIpc) is 2.64. The molecule has 0 saturated carbocycles. The lowest BCUT2D eigenvalue weighted by molar-refractivity contribution is 0.115. The van der Waals surface area contributed by atoms with Gasteiger partial charge in [0.15, 0.2) is 0 Å². The fourth-order valence-electron chi connectivity index (χ4n) is 2.59. The van der Waals surface area contributed by atoms with Crippen molar-refractivity contribution in [2.24, 2.45) is 0 Å². The number of hydrogen-bond donors (Lipinski definition) is 1. The van der Waals surface area contributed by atoms with Crippen molar-refractivity contribution in [3.05, 3.63) is 34.9 Å². The molecule has 1 aromatic carbocycles. The Hall–Kier alpha value is -0.610. The first-order valence-electron chi connectivity index (χ1n) is 7.07. The van der Waals surface area contributed by atoms with Gasteiger partial charge in [0.25, 0.3) is 0 Å². The molecule has 3 nitrogen and oxygen atoms in total. The molecule has 0 bridgehead atoms. The van der Waals surface area contributed by atoms with Gasteiger partial charge in [0, 0.05) is 24.7 Å². The normalized spacial score (nSPS) is 20.2. The van der Waals surface area contributed by atoms with Gasteiger partial charge in [0.05, 0.1) is 6.10 Å². The second-order valence-corrected chi connectivity index (χ2v) is 5.60. The highest BCUT2D eigenvalue weighted by Crippen LogP contribution is 2.19. The van der Waals surface area contributed by atoms with Crippen LogP contribution >= 0.6 is 11.6 Å². The number of benzene rings is 1. The van der Waals surface area contributed by atoms with E-state index < -0.39 is 6.10 Å². The third-order valence-corrected chi connectivity index (χ3v) is 4.03. The molecule has 1 N–H and O–H groups in total. The van der Waals surface area contributed by atoms with Crippen LogP contribution in [0.2, 0.25) is 5.02 Å². The minimum absolute atomic E-state index is 0.452. The molecular formula is C15H23ClN2O. The van der Waals surface area contributed by atoms with E-state index in [2.05, 4.69) is 16.7 Å². The molecule has 106 valence electrons. The average molecular weight is 283 g/mol. The summed E-state index contributed by atoms with van der Waals surface area (Å²) in [7, 11) is 0. The Kier molecular flexibility index (Phi) is 5.64. The number of likely N-dealkylation sites (N-methyl/N-ethyl adjacent to an activating group) is 1. The van der Waals surface area contributed by atoms with Crippen molar-refractivity contribution in [3.63, 3.8) is 0 Å². The van der Waals surface area contributed by atoms with Gasteiger partial charge in [0.2, 0.25) is 0 Å². The Morgan fingerprint density at radius 2 is 1.95 bits per heavy atom. The van der Waals surface area contributed by atoms with Gasteiger partial charge in [-0.1, -0.05) is 30.7 Å². The van der Waals surface area contributed by atoms with Crippen molar-refractivity contribution in [1.82, 2.24) is 9.80 Å². The van der Waals surface area contributed by atoms with Crippen molar-refractivity contribution in [3.8, 4) is 0 Å². The van der Waals surface area contributed by atoms with E-state index in [1.807, 2.05) is 24.3 Å². The van der Waals surface area contributed by atoms with Gasteiger partial charge in [-0.25, -0.2) is 0 Å². The van der Waals surface area contributed by atoms with E-state index in [4.69, 9.17) is 11.6 Å². The first-order chi connectivity index (χ1) is 9.19. The van der Waals surface area contributed by atoms with Gasteiger partial charge in [-0.05, 0) is 43.8 Å². The highest BCUT2D eigenvalue weighted by Gasteiger charge is 2.17. The van der Waals surface area contributed by atoms with Crippen LogP contribution in [0.4, 0.5) is 0 Å². The summed E-state index contributed by atoms with van der Waals surface area (Å²) in [4.78, 5) is 4.81. The number of nitrogens with zero attached hydrogens (tertiary/aromatic N) is 2. The van der Waals surface area contributed by atoms with E-state index in [9.17, 15) is 5.11 Å². The van der Waals surface area contributed by atoms with Crippen LogP contribution in [0.25, 0.3) is 0 Å². The monoisotopic (exact) mass is 282 g/mol. The summed E-state index contributed by atoms with van der Waals surface area (Å²) in [5.74, 6) is 0. The Balaban J connectivity index is 1.90. The van der Waals surface area contributed by atoms with Gasteiger partial charge in [-0.15, -0.1) is 0 Å². The third-order valence-electron chi connectivity index (χ3n) is 3.79. The zero-order valence-electron chi connectivity index (χ0n) is 11.6. The predicted octanol–water partition coefficient (Wildman–Crippen LogP) is 2.40. The molecule has 19 heavy (non-hydrogen) atoms. The van der Waals surface area contributed by atoms with E-state index in [1.165, 1.54) is 13.0 Å². The van der Waals surface area contributed by atoms with Gasteiger partial charge in [-0.3, -0.25) is 4.90 Å². The zero-order chi connectivity index (χ0) is 13.7. The number of aliphatic hydroxyl groups is 1. The van der Waals surface area contributed by atoms with Crippen molar-refractivity contribution in [1.29, 1.82) is 0 Å². The summed E-state index contributed by atoms with van der Waals surface area (Å²) in [5, 5.41) is 11.0. The number of hydrogen-bond acceptors (Lipinski definition) is 3. The van der Waals surface area contributed by atoms with Crippen LogP contribution in [0, 0.1) is 0 Å². The third kappa shape index (κ3) is 4.46. The van der Waals surface area contributed by atoms with Crippen LogP contribution in [0.3, 0.4) is 0 Å². The first kappa shape index (κ1) is 14.8. The van der Waals surface area contributed by atoms with Crippen LogP contribution < -0.4 is 0 Å². The number of aliphatic hydroxyl groups excluding tert-OH is 1. The fraction of sp³-hybridized carbons (Fsp3) is 0.600. The summed E-state index contributed by atoms with van der Waals surface area (Å²) in [6.07, 6.45) is 0.725.